The van der Waals surface area contributed by atoms with Gasteiger partial charge < -0.3 is 9.55 Å². The van der Waals surface area contributed by atoms with Crippen molar-refractivity contribution in [3.05, 3.63) is 72.8 Å². The summed E-state index contributed by atoms with van der Waals surface area (Å²) in [7, 11) is 0. The highest BCUT2D eigenvalue weighted by atomic mass is 15.0. The normalized spacial score (nSPS) is 11.0. The molecule has 2 heterocycles. The maximum atomic E-state index is 4.65. The van der Waals surface area contributed by atoms with Crippen molar-refractivity contribution in [3.8, 4) is 11.4 Å². The summed E-state index contributed by atoms with van der Waals surface area (Å²) >= 11 is 0. The predicted octanol–water partition coefficient (Wildman–Crippen LogP) is 3.47. The van der Waals surface area contributed by atoms with Crippen LogP contribution in [0, 0.1) is 0 Å². The first kappa shape index (κ1) is 11.9. The molecule has 0 amide bonds. The standard InChI is InChI=1S/C17H14N4/c1-2-4-14(5-3-1)17-19-15-7-6-13(10-16(15)20-17)11-21-9-8-18-12-21/h1-10,12H,11H2,(H,19,20). The first-order valence-electron chi connectivity index (χ1n) is 6.88. The van der Waals surface area contributed by atoms with Crippen LogP contribution in [0.3, 0.4) is 0 Å². The number of H-pyrrole nitrogens is 1. The Labute approximate surface area is 122 Å². The van der Waals surface area contributed by atoms with Gasteiger partial charge in [-0.15, -0.1) is 0 Å². The van der Waals surface area contributed by atoms with Crippen LogP contribution >= 0.6 is 0 Å². The number of nitrogens with one attached hydrogen (secondary N) is 1. The Morgan fingerprint density at radius 1 is 1.05 bits per heavy atom. The van der Waals surface area contributed by atoms with E-state index in [1.807, 2.05) is 30.7 Å². The first-order valence-corrected chi connectivity index (χ1v) is 6.88. The molecule has 102 valence electrons. The topological polar surface area (TPSA) is 46.5 Å². The second-order valence-electron chi connectivity index (χ2n) is 5.04. The number of aromatic amines is 1. The number of hydrogen-bond donors (Lipinski definition) is 1. The maximum Gasteiger partial charge on any atom is 0.138 e. The summed E-state index contributed by atoms with van der Waals surface area (Å²) in [5.74, 6) is 0.908. The Kier molecular flexibility index (Phi) is 2.78. The second-order valence-corrected chi connectivity index (χ2v) is 5.04. The van der Waals surface area contributed by atoms with Crippen LogP contribution in [-0.4, -0.2) is 19.5 Å². The van der Waals surface area contributed by atoms with Crippen molar-refractivity contribution in [1.82, 2.24) is 19.5 Å². The van der Waals surface area contributed by atoms with E-state index in [1.165, 1.54) is 5.56 Å². The summed E-state index contributed by atoms with van der Waals surface area (Å²) in [6.45, 7) is 0.815. The Morgan fingerprint density at radius 3 is 2.76 bits per heavy atom. The summed E-state index contributed by atoms with van der Waals surface area (Å²) < 4.78 is 2.05. The fraction of sp³-hybridized carbons (Fsp3) is 0.0588. The molecule has 4 nitrogen and oxygen atoms in total. The van der Waals surface area contributed by atoms with E-state index in [0.717, 1.165) is 29.0 Å². The van der Waals surface area contributed by atoms with Crippen LogP contribution in [0.2, 0.25) is 0 Å². The zero-order valence-corrected chi connectivity index (χ0v) is 11.4. The van der Waals surface area contributed by atoms with Crippen LogP contribution in [-0.2, 0) is 6.54 Å². The van der Waals surface area contributed by atoms with E-state index in [-0.39, 0.29) is 0 Å². The molecule has 0 radical (unpaired) electrons. The van der Waals surface area contributed by atoms with E-state index in [0.29, 0.717) is 0 Å². The number of imidazole rings is 2. The number of aromatic nitrogens is 4. The molecule has 0 fully saturated rings. The van der Waals surface area contributed by atoms with E-state index >= 15 is 0 Å². The van der Waals surface area contributed by atoms with Gasteiger partial charge in [0, 0.05) is 24.5 Å². The number of rotatable bonds is 3. The zero-order valence-electron chi connectivity index (χ0n) is 11.4. The first-order chi connectivity index (χ1) is 10.4. The molecule has 4 rings (SSSR count). The number of nitrogens with zero attached hydrogens (tertiary/aromatic N) is 3. The van der Waals surface area contributed by atoms with Crippen molar-refractivity contribution < 1.29 is 0 Å². The Morgan fingerprint density at radius 2 is 1.95 bits per heavy atom. The minimum absolute atomic E-state index is 0.815. The lowest BCUT2D eigenvalue weighted by atomic mass is 10.2. The van der Waals surface area contributed by atoms with Gasteiger partial charge in [0.05, 0.1) is 17.4 Å². The van der Waals surface area contributed by atoms with Gasteiger partial charge in [-0.05, 0) is 17.7 Å². The van der Waals surface area contributed by atoms with Crippen LogP contribution in [0.5, 0.6) is 0 Å². The van der Waals surface area contributed by atoms with Crippen LogP contribution in [0.15, 0.2) is 67.3 Å². The fourth-order valence-corrected chi connectivity index (χ4v) is 2.48. The molecule has 21 heavy (non-hydrogen) atoms. The van der Waals surface area contributed by atoms with Gasteiger partial charge in [0.25, 0.3) is 0 Å². The largest absolute Gasteiger partial charge is 0.338 e. The van der Waals surface area contributed by atoms with Crippen LogP contribution in [0.4, 0.5) is 0 Å². The van der Waals surface area contributed by atoms with Gasteiger partial charge in [-0.25, -0.2) is 9.97 Å². The maximum absolute atomic E-state index is 4.65. The van der Waals surface area contributed by atoms with Gasteiger partial charge in [-0.1, -0.05) is 36.4 Å². The summed E-state index contributed by atoms with van der Waals surface area (Å²) in [5.41, 5.74) is 4.38. The quantitative estimate of drug-likeness (QED) is 0.621. The van der Waals surface area contributed by atoms with Gasteiger partial charge in [0.15, 0.2) is 0 Å². The third kappa shape index (κ3) is 2.31. The molecule has 0 aliphatic carbocycles. The predicted molar refractivity (Wildman–Crippen MR) is 82.9 cm³/mol. The molecular weight excluding hydrogens is 260 g/mol. The van der Waals surface area contributed by atoms with E-state index < -0.39 is 0 Å². The number of fused-ring (bicyclic) bond motifs is 1. The van der Waals surface area contributed by atoms with E-state index in [1.54, 1.807) is 6.20 Å². The minimum atomic E-state index is 0.815. The summed E-state index contributed by atoms with van der Waals surface area (Å²) in [5, 5.41) is 0. The van der Waals surface area contributed by atoms with Crippen LogP contribution in [0.1, 0.15) is 5.56 Å². The van der Waals surface area contributed by atoms with Gasteiger partial charge in [0.1, 0.15) is 5.82 Å². The minimum Gasteiger partial charge on any atom is -0.338 e. The van der Waals surface area contributed by atoms with E-state index in [4.69, 9.17) is 0 Å². The molecule has 4 heteroatoms. The molecule has 0 spiro atoms. The number of benzene rings is 2. The Balaban J connectivity index is 1.71. The third-order valence-electron chi connectivity index (χ3n) is 3.52. The van der Waals surface area contributed by atoms with Crippen LogP contribution < -0.4 is 0 Å². The van der Waals surface area contributed by atoms with Gasteiger partial charge in [-0.3, -0.25) is 0 Å². The van der Waals surface area contributed by atoms with E-state index in [2.05, 4.69) is 49.9 Å². The smallest absolute Gasteiger partial charge is 0.138 e. The van der Waals surface area contributed by atoms with Gasteiger partial charge in [-0.2, -0.15) is 0 Å². The number of hydrogen-bond acceptors (Lipinski definition) is 2. The monoisotopic (exact) mass is 274 g/mol. The van der Waals surface area contributed by atoms with Crippen LogP contribution in [0.25, 0.3) is 22.4 Å². The molecule has 4 aromatic rings. The van der Waals surface area contributed by atoms with Crippen molar-refractivity contribution in [2.75, 3.05) is 0 Å². The Hall–Kier alpha value is -2.88. The molecule has 0 aliphatic rings. The van der Waals surface area contributed by atoms with Crippen molar-refractivity contribution in [3.63, 3.8) is 0 Å². The molecular formula is C17H14N4. The molecule has 0 unspecified atom stereocenters. The highest BCUT2D eigenvalue weighted by Gasteiger charge is 2.05. The average Bonchev–Trinajstić information content (AvgIpc) is 3.17. The average molecular weight is 274 g/mol. The highest BCUT2D eigenvalue weighted by molar-refractivity contribution is 5.80. The summed E-state index contributed by atoms with van der Waals surface area (Å²) in [6, 6.07) is 16.5. The SMILES string of the molecule is c1ccc(-c2nc3ccc(Cn4ccnc4)cc3[nH]2)cc1. The van der Waals surface area contributed by atoms with Crippen molar-refractivity contribution in [1.29, 1.82) is 0 Å². The van der Waals surface area contributed by atoms with Gasteiger partial charge in [0.2, 0.25) is 0 Å². The molecule has 1 N–H and O–H groups in total. The lowest BCUT2D eigenvalue weighted by Crippen LogP contribution is -1.95. The fourth-order valence-electron chi connectivity index (χ4n) is 2.48. The molecule has 0 bridgehead atoms. The molecule has 2 aromatic heterocycles. The van der Waals surface area contributed by atoms with E-state index in [9.17, 15) is 0 Å². The summed E-state index contributed by atoms with van der Waals surface area (Å²) in [4.78, 5) is 12.1. The lowest BCUT2D eigenvalue weighted by Gasteiger charge is -2.01. The molecule has 2 aromatic carbocycles. The lowest BCUT2D eigenvalue weighted by molar-refractivity contribution is 0.798. The van der Waals surface area contributed by atoms with Crippen molar-refractivity contribution in [2.45, 2.75) is 6.54 Å². The molecule has 0 saturated heterocycles. The van der Waals surface area contributed by atoms with Gasteiger partial charge >= 0.3 is 0 Å². The highest BCUT2D eigenvalue weighted by Crippen LogP contribution is 2.21. The molecule has 0 saturated carbocycles. The Bertz CT molecular complexity index is 860. The molecule has 0 atom stereocenters. The third-order valence-corrected chi connectivity index (χ3v) is 3.52. The van der Waals surface area contributed by atoms with Crippen molar-refractivity contribution >= 4 is 11.0 Å². The summed E-state index contributed by atoms with van der Waals surface area (Å²) in [6.07, 6.45) is 5.58. The molecule has 0 aliphatic heterocycles. The zero-order chi connectivity index (χ0) is 14.1. The second kappa shape index (κ2) is 4.90. The van der Waals surface area contributed by atoms with Crippen molar-refractivity contribution in [2.24, 2.45) is 0 Å².